The minimum Gasteiger partial charge on any atom is -0.380 e. The lowest BCUT2D eigenvalue weighted by Gasteiger charge is -2.18. The van der Waals surface area contributed by atoms with Crippen LogP contribution in [0, 0.1) is 0 Å². The summed E-state index contributed by atoms with van der Waals surface area (Å²) in [6.45, 7) is 7.70. The van der Waals surface area contributed by atoms with Crippen molar-refractivity contribution in [3.05, 3.63) is 47.7 Å². The average Bonchev–Trinajstić information content (AvgIpc) is 3.45. The topological polar surface area (TPSA) is 89.5 Å². The molecule has 0 radical (unpaired) electrons. The molecule has 8 heteroatoms. The van der Waals surface area contributed by atoms with Gasteiger partial charge in [-0.2, -0.15) is 5.10 Å². The molecule has 1 unspecified atom stereocenters. The van der Waals surface area contributed by atoms with Crippen molar-refractivity contribution in [2.75, 3.05) is 40.3 Å². The van der Waals surface area contributed by atoms with Gasteiger partial charge in [-0.15, -0.1) is 0 Å². The van der Waals surface area contributed by atoms with Crippen molar-refractivity contribution in [2.45, 2.75) is 39.0 Å². The third kappa shape index (κ3) is 4.93. The molecular formula is C25H34N6O2. The molecule has 0 spiro atoms. The Hall–Kier alpha value is -2.81. The van der Waals surface area contributed by atoms with Crippen LogP contribution >= 0.6 is 0 Å². The lowest BCUT2D eigenvalue weighted by molar-refractivity contribution is 0.0726. The number of hydrogen-bond acceptors (Lipinski definition) is 6. The maximum absolute atomic E-state index is 13.6. The van der Waals surface area contributed by atoms with Gasteiger partial charge in [0.15, 0.2) is 5.65 Å². The smallest absolute Gasteiger partial charge is 0.254 e. The number of methoxy groups -OCH3 is 1. The van der Waals surface area contributed by atoms with Crippen LogP contribution in [0.1, 0.15) is 42.2 Å². The van der Waals surface area contributed by atoms with E-state index in [9.17, 15) is 4.79 Å². The maximum atomic E-state index is 13.6. The Kier molecular flexibility index (Phi) is 7.07. The van der Waals surface area contributed by atoms with Crippen molar-refractivity contribution in [3.8, 4) is 11.3 Å². The summed E-state index contributed by atoms with van der Waals surface area (Å²) < 4.78 is 7.36. The van der Waals surface area contributed by atoms with E-state index in [-0.39, 0.29) is 18.1 Å². The Morgan fingerprint density at radius 2 is 2.15 bits per heavy atom. The van der Waals surface area contributed by atoms with Gasteiger partial charge in [0.2, 0.25) is 0 Å². The quantitative estimate of drug-likeness (QED) is 0.568. The molecule has 2 N–H and O–H groups in total. The number of likely N-dealkylation sites (N-methyl/N-ethyl adjacent to an activating group) is 1. The van der Waals surface area contributed by atoms with E-state index in [2.05, 4.69) is 43.0 Å². The highest BCUT2D eigenvalue weighted by Crippen LogP contribution is 2.29. The van der Waals surface area contributed by atoms with Gasteiger partial charge in [-0.3, -0.25) is 4.79 Å². The lowest BCUT2D eigenvalue weighted by Crippen LogP contribution is -2.30. The lowest BCUT2D eigenvalue weighted by atomic mass is 10.0. The van der Waals surface area contributed by atoms with E-state index in [1.807, 2.05) is 27.8 Å². The van der Waals surface area contributed by atoms with E-state index in [0.717, 1.165) is 41.8 Å². The third-order valence-corrected chi connectivity index (χ3v) is 6.24. The largest absolute Gasteiger partial charge is 0.380 e. The van der Waals surface area contributed by atoms with E-state index in [0.29, 0.717) is 25.2 Å². The van der Waals surface area contributed by atoms with E-state index in [1.54, 1.807) is 13.3 Å². The first-order valence-corrected chi connectivity index (χ1v) is 11.6. The molecule has 0 bridgehead atoms. The van der Waals surface area contributed by atoms with E-state index >= 15 is 0 Å². The van der Waals surface area contributed by atoms with Crippen LogP contribution < -0.4 is 5.73 Å². The number of pyridine rings is 1. The number of ether oxygens (including phenoxy) is 1. The molecule has 0 saturated carbocycles. The van der Waals surface area contributed by atoms with Gasteiger partial charge in [0.05, 0.1) is 28.9 Å². The molecule has 0 aliphatic carbocycles. The molecule has 2 aromatic heterocycles. The number of carbonyl (C=O) groups is 1. The number of likely N-dealkylation sites (tertiary alicyclic amines) is 1. The van der Waals surface area contributed by atoms with Gasteiger partial charge in [0.25, 0.3) is 5.91 Å². The second-order valence-corrected chi connectivity index (χ2v) is 9.10. The standard InChI is InChI=1S/C25H34N6O2/c1-17(2)31-24-22(14-27-31)21(25(32)30-10-8-20(16-30)33-4)13-23(28-24)19-7-5-6-18(12-19)15-29(3)11-9-26/h5-7,12-14,17,20H,8-11,15-16,26H2,1-4H3. The summed E-state index contributed by atoms with van der Waals surface area (Å²) in [6.07, 6.45) is 2.71. The molecule has 1 amide bonds. The van der Waals surface area contributed by atoms with E-state index in [4.69, 9.17) is 15.5 Å². The van der Waals surface area contributed by atoms with Gasteiger partial charge in [-0.1, -0.05) is 18.2 Å². The molecular weight excluding hydrogens is 416 g/mol. The van der Waals surface area contributed by atoms with Crippen LogP contribution in [0.2, 0.25) is 0 Å². The minimum absolute atomic E-state index is 0.00494. The minimum atomic E-state index is 0.00494. The first-order chi connectivity index (χ1) is 15.9. The molecule has 1 saturated heterocycles. The molecule has 3 aromatic rings. The monoisotopic (exact) mass is 450 g/mol. The SMILES string of the molecule is COC1CCN(C(=O)c2cc(-c3cccc(CN(C)CCN)c3)nc3c2cnn3C(C)C)C1. The second kappa shape index (κ2) is 9.99. The van der Waals surface area contributed by atoms with Crippen molar-refractivity contribution in [3.63, 3.8) is 0 Å². The first-order valence-electron chi connectivity index (χ1n) is 11.6. The molecule has 1 aliphatic rings. The van der Waals surface area contributed by atoms with Crippen LogP contribution in [0.15, 0.2) is 36.5 Å². The fourth-order valence-electron chi connectivity index (χ4n) is 4.44. The van der Waals surface area contributed by atoms with Gasteiger partial charge in [0.1, 0.15) is 0 Å². The van der Waals surface area contributed by atoms with E-state index in [1.165, 1.54) is 5.56 Å². The summed E-state index contributed by atoms with van der Waals surface area (Å²) in [5.41, 5.74) is 10.0. The molecule has 1 atom stereocenters. The van der Waals surface area contributed by atoms with Gasteiger partial charge in [-0.05, 0) is 45.0 Å². The molecule has 1 aliphatic heterocycles. The van der Waals surface area contributed by atoms with Gasteiger partial charge < -0.3 is 20.3 Å². The van der Waals surface area contributed by atoms with Crippen molar-refractivity contribution < 1.29 is 9.53 Å². The number of amides is 1. The van der Waals surface area contributed by atoms with Crippen molar-refractivity contribution in [2.24, 2.45) is 5.73 Å². The molecule has 33 heavy (non-hydrogen) atoms. The molecule has 1 aromatic carbocycles. The summed E-state index contributed by atoms with van der Waals surface area (Å²) in [5.74, 6) is 0.00494. The summed E-state index contributed by atoms with van der Waals surface area (Å²) in [6, 6.07) is 10.4. The summed E-state index contributed by atoms with van der Waals surface area (Å²) in [7, 11) is 3.76. The number of nitrogens with zero attached hydrogens (tertiary/aromatic N) is 5. The van der Waals surface area contributed by atoms with Crippen LogP contribution in [-0.2, 0) is 11.3 Å². The Bertz CT molecular complexity index is 1130. The summed E-state index contributed by atoms with van der Waals surface area (Å²) in [5, 5.41) is 5.34. The zero-order valence-electron chi connectivity index (χ0n) is 20.0. The number of benzene rings is 1. The third-order valence-electron chi connectivity index (χ3n) is 6.24. The zero-order valence-corrected chi connectivity index (χ0v) is 20.0. The Balaban J connectivity index is 1.76. The summed E-state index contributed by atoms with van der Waals surface area (Å²) in [4.78, 5) is 22.6. The molecule has 1 fully saturated rings. The van der Waals surface area contributed by atoms with Crippen LogP contribution in [0.25, 0.3) is 22.3 Å². The fraction of sp³-hybridized carbons (Fsp3) is 0.480. The molecule has 3 heterocycles. The predicted octanol–water partition coefficient (Wildman–Crippen LogP) is 2.93. The van der Waals surface area contributed by atoms with Crippen molar-refractivity contribution in [1.29, 1.82) is 0 Å². The second-order valence-electron chi connectivity index (χ2n) is 9.10. The fourth-order valence-corrected chi connectivity index (χ4v) is 4.44. The highest BCUT2D eigenvalue weighted by molar-refractivity contribution is 6.06. The number of aromatic nitrogens is 3. The molecule has 4 rings (SSSR count). The first kappa shape index (κ1) is 23.4. The summed E-state index contributed by atoms with van der Waals surface area (Å²) >= 11 is 0. The van der Waals surface area contributed by atoms with E-state index < -0.39 is 0 Å². The van der Waals surface area contributed by atoms with Gasteiger partial charge in [-0.25, -0.2) is 9.67 Å². The van der Waals surface area contributed by atoms with Crippen molar-refractivity contribution >= 4 is 16.9 Å². The number of fused-ring (bicyclic) bond motifs is 1. The van der Waals surface area contributed by atoms with Crippen LogP contribution in [0.5, 0.6) is 0 Å². The van der Waals surface area contributed by atoms with Crippen LogP contribution in [-0.4, -0.2) is 76.9 Å². The normalized spacial score (nSPS) is 16.5. The zero-order chi connectivity index (χ0) is 23.5. The van der Waals surface area contributed by atoms with Crippen LogP contribution in [0.4, 0.5) is 0 Å². The average molecular weight is 451 g/mol. The predicted molar refractivity (Wildman–Crippen MR) is 130 cm³/mol. The molecule has 8 nitrogen and oxygen atoms in total. The Morgan fingerprint density at radius 1 is 1.33 bits per heavy atom. The highest BCUT2D eigenvalue weighted by atomic mass is 16.5. The number of hydrogen-bond donors (Lipinski definition) is 1. The number of rotatable bonds is 8. The van der Waals surface area contributed by atoms with Gasteiger partial charge >= 0.3 is 0 Å². The van der Waals surface area contributed by atoms with Gasteiger partial charge in [0, 0.05) is 51.4 Å². The maximum Gasteiger partial charge on any atom is 0.254 e. The number of nitrogens with two attached hydrogens (primary N) is 1. The van der Waals surface area contributed by atoms with Crippen molar-refractivity contribution in [1.82, 2.24) is 24.6 Å². The Labute approximate surface area is 195 Å². The number of carbonyl (C=O) groups excluding carboxylic acids is 1. The van der Waals surface area contributed by atoms with Crippen LogP contribution in [0.3, 0.4) is 0 Å². The highest BCUT2D eigenvalue weighted by Gasteiger charge is 2.29. The Morgan fingerprint density at radius 3 is 2.85 bits per heavy atom. The molecule has 176 valence electrons.